The van der Waals surface area contributed by atoms with Crippen molar-refractivity contribution in [2.45, 2.75) is 64.3 Å². The SMILES string of the molecule is CCCCCCCCCC[SiH3]. The van der Waals surface area contributed by atoms with Crippen LogP contribution in [0, 0.1) is 0 Å². The van der Waals surface area contributed by atoms with Gasteiger partial charge in [-0.15, -0.1) is 0 Å². The zero-order chi connectivity index (χ0) is 8.36. The van der Waals surface area contributed by atoms with Crippen molar-refractivity contribution < 1.29 is 0 Å². The van der Waals surface area contributed by atoms with Crippen molar-refractivity contribution in [3.63, 3.8) is 0 Å². The molecule has 0 amide bonds. The monoisotopic (exact) mass is 172 g/mol. The number of rotatable bonds is 8. The van der Waals surface area contributed by atoms with Gasteiger partial charge in [0, 0.05) is 10.2 Å². The predicted octanol–water partition coefficient (Wildman–Crippen LogP) is 2.91. The Hall–Kier alpha value is 0.217. The fourth-order valence-electron chi connectivity index (χ4n) is 1.38. The van der Waals surface area contributed by atoms with E-state index in [0.29, 0.717) is 0 Å². The van der Waals surface area contributed by atoms with Gasteiger partial charge in [0.25, 0.3) is 0 Å². The Kier molecular flexibility index (Phi) is 10.4. The lowest BCUT2D eigenvalue weighted by Gasteiger charge is -1.98. The standard InChI is InChI=1S/C10H24Si/c1-2-3-4-5-6-7-8-9-10-11/h2-10H2,1,11H3. The third kappa shape index (κ3) is 10.2. The molecule has 0 aromatic heterocycles. The van der Waals surface area contributed by atoms with Crippen LogP contribution in [-0.2, 0) is 0 Å². The third-order valence-electron chi connectivity index (χ3n) is 2.21. The van der Waals surface area contributed by atoms with Crippen LogP contribution in [0.25, 0.3) is 0 Å². The van der Waals surface area contributed by atoms with E-state index < -0.39 is 0 Å². The van der Waals surface area contributed by atoms with Crippen LogP contribution in [0.4, 0.5) is 0 Å². The lowest BCUT2D eigenvalue weighted by molar-refractivity contribution is 0.585. The van der Waals surface area contributed by atoms with Crippen LogP contribution < -0.4 is 0 Å². The summed E-state index contributed by atoms with van der Waals surface area (Å²) in [5.74, 6) is 0. The number of hydrogen-bond donors (Lipinski definition) is 0. The molecule has 0 aliphatic carbocycles. The molecule has 0 rings (SSSR count). The summed E-state index contributed by atoms with van der Waals surface area (Å²) in [6.45, 7) is 2.28. The Bertz CT molecular complexity index is 53.9. The van der Waals surface area contributed by atoms with Crippen molar-refractivity contribution in [3.8, 4) is 0 Å². The van der Waals surface area contributed by atoms with Crippen LogP contribution in [0.5, 0.6) is 0 Å². The summed E-state index contributed by atoms with van der Waals surface area (Å²) in [4.78, 5) is 0. The summed E-state index contributed by atoms with van der Waals surface area (Å²) in [5.41, 5.74) is 0. The molecule has 0 radical (unpaired) electrons. The molecule has 0 saturated heterocycles. The highest BCUT2D eigenvalue weighted by molar-refractivity contribution is 6.08. The first kappa shape index (κ1) is 11.2. The van der Waals surface area contributed by atoms with Gasteiger partial charge in [-0.05, 0) is 0 Å². The van der Waals surface area contributed by atoms with Gasteiger partial charge < -0.3 is 0 Å². The van der Waals surface area contributed by atoms with Gasteiger partial charge in [0.15, 0.2) is 0 Å². The molecule has 0 fully saturated rings. The van der Waals surface area contributed by atoms with Crippen molar-refractivity contribution in [3.05, 3.63) is 0 Å². The smallest absolute Gasteiger partial charge is 0.00279 e. The molecule has 0 unspecified atom stereocenters. The first-order chi connectivity index (χ1) is 5.41. The Balaban J connectivity index is 2.69. The number of unbranched alkanes of at least 4 members (excludes halogenated alkanes) is 7. The summed E-state index contributed by atoms with van der Waals surface area (Å²) >= 11 is 0. The van der Waals surface area contributed by atoms with E-state index in [1.807, 2.05) is 0 Å². The third-order valence-corrected chi connectivity index (χ3v) is 2.91. The summed E-state index contributed by atoms with van der Waals surface area (Å²) < 4.78 is 0. The molecule has 68 valence electrons. The fraction of sp³-hybridized carbons (Fsp3) is 1.00. The summed E-state index contributed by atoms with van der Waals surface area (Å²) in [7, 11) is 1.41. The predicted molar refractivity (Wildman–Crippen MR) is 57.4 cm³/mol. The van der Waals surface area contributed by atoms with Crippen LogP contribution in [0.1, 0.15) is 58.3 Å². The lowest BCUT2D eigenvalue weighted by Crippen LogP contribution is -1.79. The van der Waals surface area contributed by atoms with Crippen LogP contribution in [0.3, 0.4) is 0 Å². The van der Waals surface area contributed by atoms with E-state index in [4.69, 9.17) is 0 Å². The minimum absolute atomic E-state index is 1.38. The van der Waals surface area contributed by atoms with Crippen LogP contribution >= 0.6 is 0 Å². The normalized spacial score (nSPS) is 10.6. The molecule has 0 nitrogen and oxygen atoms in total. The van der Waals surface area contributed by atoms with E-state index in [-0.39, 0.29) is 0 Å². The summed E-state index contributed by atoms with van der Waals surface area (Å²) in [6.07, 6.45) is 11.7. The maximum Gasteiger partial charge on any atom is 0.00279 e. The molecule has 0 saturated carbocycles. The first-order valence-corrected chi connectivity index (χ1v) is 6.83. The number of hydrogen-bond acceptors (Lipinski definition) is 0. The zero-order valence-electron chi connectivity index (χ0n) is 8.36. The maximum absolute atomic E-state index is 2.28. The molecule has 0 spiro atoms. The Morgan fingerprint density at radius 3 is 1.64 bits per heavy atom. The zero-order valence-corrected chi connectivity index (χ0v) is 10.4. The summed E-state index contributed by atoms with van der Waals surface area (Å²) in [6, 6.07) is 1.51. The molecule has 0 N–H and O–H groups in total. The van der Waals surface area contributed by atoms with Crippen molar-refractivity contribution in [1.29, 1.82) is 0 Å². The fourth-order valence-corrected chi connectivity index (χ4v) is 1.88. The quantitative estimate of drug-likeness (QED) is 0.390. The van der Waals surface area contributed by atoms with Crippen LogP contribution in [-0.4, -0.2) is 10.2 Å². The van der Waals surface area contributed by atoms with Gasteiger partial charge in [0.05, 0.1) is 0 Å². The average molecular weight is 172 g/mol. The van der Waals surface area contributed by atoms with Crippen LogP contribution in [0.15, 0.2) is 0 Å². The molecule has 0 heterocycles. The minimum atomic E-state index is 1.38. The Morgan fingerprint density at radius 2 is 1.18 bits per heavy atom. The second-order valence-corrected chi connectivity index (χ2v) is 4.47. The second kappa shape index (κ2) is 10.2. The van der Waals surface area contributed by atoms with Crippen molar-refractivity contribution in [1.82, 2.24) is 0 Å². The van der Waals surface area contributed by atoms with Gasteiger partial charge in [-0.2, -0.15) is 0 Å². The van der Waals surface area contributed by atoms with Gasteiger partial charge >= 0.3 is 0 Å². The van der Waals surface area contributed by atoms with Crippen molar-refractivity contribution >= 4 is 10.2 Å². The van der Waals surface area contributed by atoms with Gasteiger partial charge in [-0.25, -0.2) is 0 Å². The molecule has 0 aromatic rings. The highest BCUT2D eigenvalue weighted by atomic mass is 28.1. The highest BCUT2D eigenvalue weighted by Crippen LogP contribution is 2.08. The van der Waals surface area contributed by atoms with Crippen LogP contribution in [0.2, 0.25) is 6.04 Å². The molecule has 0 atom stereocenters. The van der Waals surface area contributed by atoms with E-state index in [0.717, 1.165) is 0 Å². The Morgan fingerprint density at radius 1 is 0.727 bits per heavy atom. The maximum atomic E-state index is 2.28. The van der Waals surface area contributed by atoms with E-state index in [2.05, 4.69) is 6.92 Å². The average Bonchev–Trinajstić information content (AvgIpc) is 2.03. The van der Waals surface area contributed by atoms with E-state index in [9.17, 15) is 0 Å². The largest absolute Gasteiger partial charge is 0.0658 e. The van der Waals surface area contributed by atoms with Crippen molar-refractivity contribution in [2.24, 2.45) is 0 Å². The van der Waals surface area contributed by atoms with Crippen molar-refractivity contribution in [2.75, 3.05) is 0 Å². The molecule has 0 aromatic carbocycles. The topological polar surface area (TPSA) is 0 Å². The molecule has 0 aliphatic rings. The summed E-state index contributed by atoms with van der Waals surface area (Å²) in [5, 5.41) is 0. The molecule has 11 heavy (non-hydrogen) atoms. The molecular weight excluding hydrogens is 148 g/mol. The molecular formula is C10H24Si. The Labute approximate surface area is 75.2 Å². The highest BCUT2D eigenvalue weighted by Gasteiger charge is 1.88. The molecule has 0 bridgehead atoms. The first-order valence-electron chi connectivity index (χ1n) is 5.41. The van der Waals surface area contributed by atoms with E-state index in [1.54, 1.807) is 0 Å². The molecule has 0 aliphatic heterocycles. The van der Waals surface area contributed by atoms with Gasteiger partial charge in [0.2, 0.25) is 0 Å². The van der Waals surface area contributed by atoms with E-state index >= 15 is 0 Å². The van der Waals surface area contributed by atoms with Gasteiger partial charge in [-0.3, -0.25) is 0 Å². The minimum Gasteiger partial charge on any atom is -0.0658 e. The van der Waals surface area contributed by atoms with E-state index in [1.165, 1.54) is 67.7 Å². The lowest BCUT2D eigenvalue weighted by atomic mass is 10.1. The molecule has 1 heteroatoms. The van der Waals surface area contributed by atoms with Gasteiger partial charge in [0.1, 0.15) is 0 Å². The second-order valence-electron chi connectivity index (χ2n) is 3.47. The van der Waals surface area contributed by atoms with Gasteiger partial charge in [-0.1, -0.05) is 64.3 Å².